The van der Waals surface area contributed by atoms with Crippen molar-refractivity contribution in [3.8, 4) is 11.5 Å². The Balaban J connectivity index is 1.67. The second-order valence-corrected chi connectivity index (χ2v) is 11.7. The molecule has 1 aliphatic rings. The van der Waals surface area contributed by atoms with E-state index in [9.17, 15) is 14.0 Å². The number of carbonyl (C=O) groups excluding carboxylic acids is 1. The maximum atomic E-state index is 14.2. The summed E-state index contributed by atoms with van der Waals surface area (Å²) in [6.45, 7) is 4.18. The Labute approximate surface area is 260 Å². The van der Waals surface area contributed by atoms with Gasteiger partial charge in [-0.25, -0.2) is 14.2 Å². The summed E-state index contributed by atoms with van der Waals surface area (Å²) in [6.07, 6.45) is 3.05. The minimum atomic E-state index is -0.809. The third-order valence-corrected chi connectivity index (χ3v) is 8.37. The van der Waals surface area contributed by atoms with Gasteiger partial charge in [0, 0.05) is 15.6 Å². The molecule has 0 radical (unpaired) electrons. The number of hydrogen-bond acceptors (Lipinski definition) is 7. The van der Waals surface area contributed by atoms with Crippen molar-refractivity contribution in [1.29, 1.82) is 0 Å². The zero-order valence-corrected chi connectivity index (χ0v) is 26.3. The number of rotatable bonds is 10. The lowest BCUT2D eigenvalue weighted by Crippen LogP contribution is -2.40. The molecule has 0 spiro atoms. The van der Waals surface area contributed by atoms with Crippen LogP contribution in [0.4, 0.5) is 4.39 Å². The maximum absolute atomic E-state index is 14.2. The van der Waals surface area contributed by atoms with Crippen molar-refractivity contribution in [3.63, 3.8) is 0 Å². The van der Waals surface area contributed by atoms with Crippen LogP contribution in [-0.4, -0.2) is 24.3 Å². The fourth-order valence-corrected chi connectivity index (χ4v) is 6.34. The molecule has 3 aromatic carbocycles. The van der Waals surface area contributed by atoms with Crippen molar-refractivity contribution in [1.82, 2.24) is 4.57 Å². The van der Waals surface area contributed by atoms with Crippen LogP contribution in [0.2, 0.25) is 0 Å². The molecule has 0 saturated carbocycles. The van der Waals surface area contributed by atoms with Gasteiger partial charge in [0.25, 0.3) is 5.56 Å². The van der Waals surface area contributed by atoms with Gasteiger partial charge in [0.2, 0.25) is 0 Å². The van der Waals surface area contributed by atoms with E-state index in [1.54, 1.807) is 42.9 Å². The molecular weight excluding hydrogens is 635 g/mol. The molecule has 0 bridgehead atoms. The van der Waals surface area contributed by atoms with Crippen LogP contribution < -0.4 is 24.4 Å². The fraction of sp³-hybridized carbons (Fsp3) is 0.242. The second kappa shape index (κ2) is 13.5. The summed E-state index contributed by atoms with van der Waals surface area (Å²) in [5, 5.41) is 0. The highest BCUT2D eigenvalue weighted by Gasteiger charge is 2.36. The highest BCUT2D eigenvalue weighted by atomic mass is 79.9. The van der Waals surface area contributed by atoms with Crippen LogP contribution in [-0.2, 0) is 16.1 Å². The molecule has 10 heteroatoms. The van der Waals surface area contributed by atoms with E-state index < -0.39 is 12.0 Å². The predicted molar refractivity (Wildman–Crippen MR) is 168 cm³/mol. The Hall–Kier alpha value is -4.02. The summed E-state index contributed by atoms with van der Waals surface area (Å²) in [7, 11) is 1.56. The smallest absolute Gasteiger partial charge is 0.338 e. The van der Waals surface area contributed by atoms with E-state index in [1.807, 2.05) is 43.3 Å². The Morgan fingerprint density at radius 1 is 1.09 bits per heavy atom. The van der Waals surface area contributed by atoms with Crippen molar-refractivity contribution in [2.24, 2.45) is 4.99 Å². The normalized spacial score (nSPS) is 14.7. The summed E-state index contributed by atoms with van der Waals surface area (Å²) in [6, 6.07) is 18.2. The molecule has 0 aliphatic carbocycles. The number of thiazole rings is 1. The summed E-state index contributed by atoms with van der Waals surface area (Å²) < 4.78 is 33.3. The summed E-state index contributed by atoms with van der Waals surface area (Å²) in [5.41, 5.74) is 2.75. The van der Waals surface area contributed by atoms with E-state index in [4.69, 9.17) is 19.2 Å². The average molecular weight is 666 g/mol. The predicted octanol–water partition coefficient (Wildman–Crippen LogP) is 6.07. The molecule has 0 amide bonds. The highest BCUT2D eigenvalue weighted by Crippen LogP contribution is 2.38. The monoisotopic (exact) mass is 664 g/mol. The van der Waals surface area contributed by atoms with E-state index in [2.05, 4.69) is 15.9 Å². The van der Waals surface area contributed by atoms with E-state index in [1.165, 1.54) is 23.5 Å². The van der Waals surface area contributed by atoms with Crippen LogP contribution in [0.3, 0.4) is 0 Å². The number of para-hydroxylation sites is 1. The molecule has 2 heterocycles. The first kappa shape index (κ1) is 30.4. The quantitative estimate of drug-likeness (QED) is 0.192. The third kappa shape index (κ3) is 6.50. The molecule has 7 nitrogen and oxygen atoms in total. The van der Waals surface area contributed by atoms with Crippen LogP contribution in [0.25, 0.3) is 6.08 Å². The first-order valence-corrected chi connectivity index (χ1v) is 15.5. The number of methoxy groups -OCH3 is 1. The van der Waals surface area contributed by atoms with E-state index in [-0.39, 0.29) is 24.6 Å². The van der Waals surface area contributed by atoms with E-state index in [0.717, 1.165) is 16.5 Å². The van der Waals surface area contributed by atoms with Gasteiger partial charge < -0.3 is 14.2 Å². The van der Waals surface area contributed by atoms with Crippen molar-refractivity contribution in [3.05, 3.63) is 125 Å². The lowest BCUT2D eigenvalue weighted by molar-refractivity contribution is -0.139. The van der Waals surface area contributed by atoms with Crippen LogP contribution >= 0.6 is 27.3 Å². The van der Waals surface area contributed by atoms with Gasteiger partial charge in [0.15, 0.2) is 4.80 Å². The highest BCUT2D eigenvalue weighted by molar-refractivity contribution is 9.10. The first-order chi connectivity index (χ1) is 20.8. The Morgan fingerprint density at radius 3 is 2.58 bits per heavy atom. The third-order valence-electron chi connectivity index (χ3n) is 6.89. The maximum Gasteiger partial charge on any atom is 0.338 e. The SMILES string of the molecule is CCCC1=C(C(=O)OCC)[C@@H](c2cc(Br)ccc2OC)n2c(s/c(=C/c3ccccc3OCc3ccc(F)cc3)c2=O)=N1. The topological polar surface area (TPSA) is 79.1 Å². The van der Waals surface area contributed by atoms with Crippen LogP contribution in [0.15, 0.2) is 92.3 Å². The number of benzene rings is 3. The zero-order chi connectivity index (χ0) is 30.5. The first-order valence-electron chi connectivity index (χ1n) is 13.9. The molecule has 0 N–H and O–H groups in total. The number of halogens is 2. The fourth-order valence-electron chi connectivity index (χ4n) is 4.95. The van der Waals surface area contributed by atoms with Crippen molar-refractivity contribution in [2.45, 2.75) is 39.3 Å². The molecular formula is C33H30BrFN2O5S. The number of carbonyl (C=O) groups is 1. The minimum absolute atomic E-state index is 0.184. The molecule has 222 valence electrons. The van der Waals surface area contributed by atoms with Gasteiger partial charge in [0.05, 0.1) is 29.5 Å². The lowest BCUT2D eigenvalue weighted by Gasteiger charge is -2.27. The molecule has 1 aliphatic heterocycles. The van der Waals surface area contributed by atoms with Gasteiger partial charge in [-0.2, -0.15) is 0 Å². The van der Waals surface area contributed by atoms with Gasteiger partial charge in [-0.05, 0) is 61.4 Å². The number of fused-ring (bicyclic) bond motifs is 1. The van der Waals surface area contributed by atoms with Crippen molar-refractivity contribution >= 4 is 39.3 Å². The molecule has 5 rings (SSSR count). The molecule has 0 saturated heterocycles. The van der Waals surface area contributed by atoms with Crippen LogP contribution in [0.1, 0.15) is 49.4 Å². The molecule has 4 aromatic rings. The molecule has 0 unspecified atom stereocenters. The number of aromatic nitrogens is 1. The number of nitrogens with zero attached hydrogens (tertiary/aromatic N) is 2. The molecule has 43 heavy (non-hydrogen) atoms. The number of ether oxygens (including phenoxy) is 3. The van der Waals surface area contributed by atoms with Gasteiger partial charge in [-0.15, -0.1) is 0 Å². The van der Waals surface area contributed by atoms with Crippen molar-refractivity contribution < 1.29 is 23.4 Å². The summed E-state index contributed by atoms with van der Waals surface area (Å²) in [4.78, 5) is 33.0. The Morgan fingerprint density at radius 2 is 1.86 bits per heavy atom. The van der Waals surface area contributed by atoms with Crippen LogP contribution in [0, 0.1) is 5.82 Å². The molecule has 1 aromatic heterocycles. The minimum Gasteiger partial charge on any atom is -0.496 e. The second-order valence-electron chi connectivity index (χ2n) is 9.75. The molecule has 1 atom stereocenters. The van der Waals surface area contributed by atoms with Crippen molar-refractivity contribution in [2.75, 3.05) is 13.7 Å². The summed E-state index contributed by atoms with van der Waals surface area (Å²) in [5.74, 6) is 0.269. The number of esters is 1. The van der Waals surface area contributed by atoms with Crippen LogP contribution in [0.5, 0.6) is 11.5 Å². The van der Waals surface area contributed by atoms with E-state index >= 15 is 0 Å². The van der Waals surface area contributed by atoms with Gasteiger partial charge >= 0.3 is 5.97 Å². The largest absolute Gasteiger partial charge is 0.496 e. The van der Waals surface area contributed by atoms with Gasteiger partial charge in [-0.1, -0.05) is 70.9 Å². The van der Waals surface area contributed by atoms with E-state index in [0.29, 0.717) is 49.7 Å². The van der Waals surface area contributed by atoms with Gasteiger partial charge in [-0.3, -0.25) is 9.36 Å². The average Bonchev–Trinajstić information content (AvgIpc) is 3.31. The number of allylic oxidation sites excluding steroid dienone is 1. The van der Waals surface area contributed by atoms with Gasteiger partial charge in [0.1, 0.15) is 30.0 Å². The lowest BCUT2D eigenvalue weighted by atomic mass is 9.93. The number of hydrogen-bond donors (Lipinski definition) is 0. The summed E-state index contributed by atoms with van der Waals surface area (Å²) >= 11 is 4.79. The standard InChI is InChI=1S/C33H30BrFN2O5S/c1-4-8-25-29(32(39)41-5-2)30(24-18-22(34)13-16-27(24)40-3)37-31(38)28(43-33(37)36-25)17-21-9-6-7-10-26(21)42-19-20-11-14-23(35)15-12-20/h6-7,9-18,30H,4-5,8,19H2,1-3H3/b28-17+/t30-/m1/s1. The Kier molecular flexibility index (Phi) is 9.57. The zero-order valence-electron chi connectivity index (χ0n) is 23.9. The molecule has 0 fully saturated rings. The Bertz CT molecular complexity index is 1860.